The highest BCUT2D eigenvalue weighted by Crippen LogP contribution is 2.23. The Bertz CT molecular complexity index is 586. The van der Waals surface area contributed by atoms with Crippen molar-refractivity contribution in [1.82, 2.24) is 9.97 Å². The van der Waals surface area contributed by atoms with Crippen molar-refractivity contribution in [2.45, 2.75) is 6.92 Å². The van der Waals surface area contributed by atoms with Crippen LogP contribution in [0.2, 0.25) is 0 Å². The molecular weight excluding hydrogens is 347 g/mol. The van der Waals surface area contributed by atoms with Crippen LogP contribution in [0.5, 0.6) is 0 Å². The maximum absolute atomic E-state index is 10.8. The fraction of sp³-hybridized carbons (Fsp3) is 0.0909. The van der Waals surface area contributed by atoms with Gasteiger partial charge in [0.25, 0.3) is 5.69 Å². The van der Waals surface area contributed by atoms with Gasteiger partial charge in [0.2, 0.25) is 5.95 Å². The van der Waals surface area contributed by atoms with Crippen LogP contribution in [-0.2, 0) is 0 Å². The van der Waals surface area contributed by atoms with Crippen molar-refractivity contribution in [2.75, 3.05) is 5.32 Å². The first kappa shape index (κ1) is 12.7. The second-order valence-electron chi connectivity index (χ2n) is 3.61. The molecule has 1 aromatic heterocycles. The van der Waals surface area contributed by atoms with Crippen molar-refractivity contribution < 1.29 is 4.92 Å². The maximum atomic E-state index is 10.8. The zero-order valence-electron chi connectivity index (χ0n) is 9.42. The molecule has 0 bridgehead atoms. The van der Waals surface area contributed by atoms with Crippen molar-refractivity contribution in [3.8, 4) is 0 Å². The molecule has 0 amide bonds. The molecule has 0 aliphatic rings. The lowest BCUT2D eigenvalue weighted by Gasteiger charge is -2.05. The Kier molecular flexibility index (Phi) is 3.70. The summed E-state index contributed by atoms with van der Waals surface area (Å²) >= 11 is 2.10. The molecule has 0 radical (unpaired) electrons. The summed E-state index contributed by atoms with van der Waals surface area (Å²) in [7, 11) is 0. The van der Waals surface area contributed by atoms with Gasteiger partial charge in [-0.3, -0.25) is 10.1 Å². The number of nitrogens with zero attached hydrogens (tertiary/aromatic N) is 3. The number of halogens is 1. The van der Waals surface area contributed by atoms with Gasteiger partial charge in [0.15, 0.2) is 0 Å². The molecule has 0 unspecified atom stereocenters. The van der Waals surface area contributed by atoms with Gasteiger partial charge in [-0.25, -0.2) is 9.97 Å². The van der Waals surface area contributed by atoms with E-state index in [9.17, 15) is 10.1 Å². The maximum Gasteiger partial charge on any atom is 0.274 e. The lowest BCUT2D eigenvalue weighted by atomic mass is 10.2. The van der Waals surface area contributed by atoms with E-state index in [4.69, 9.17) is 0 Å². The molecular formula is C11H9IN4O2. The van der Waals surface area contributed by atoms with Crippen molar-refractivity contribution >= 4 is 39.9 Å². The quantitative estimate of drug-likeness (QED) is 0.519. The van der Waals surface area contributed by atoms with Gasteiger partial charge in [-0.2, -0.15) is 0 Å². The molecule has 0 saturated carbocycles. The number of nitrogens with one attached hydrogen (secondary N) is 1. The number of aromatic nitrogens is 2. The summed E-state index contributed by atoms with van der Waals surface area (Å²) in [5.74, 6) is 0.411. The fourth-order valence-electron chi connectivity index (χ4n) is 1.39. The van der Waals surface area contributed by atoms with Crippen LogP contribution in [0, 0.1) is 20.6 Å². The predicted octanol–water partition coefficient (Wildman–Crippen LogP) is 3.04. The van der Waals surface area contributed by atoms with Crippen molar-refractivity contribution in [3.05, 3.63) is 49.8 Å². The van der Waals surface area contributed by atoms with Crippen molar-refractivity contribution in [1.29, 1.82) is 0 Å². The van der Waals surface area contributed by atoms with Gasteiger partial charge in [0.1, 0.15) is 0 Å². The minimum atomic E-state index is -0.407. The van der Waals surface area contributed by atoms with Gasteiger partial charge in [0.05, 0.1) is 4.92 Å². The van der Waals surface area contributed by atoms with Gasteiger partial charge in [-0.1, -0.05) is 6.07 Å². The third kappa shape index (κ3) is 2.92. The number of hydrogen-bond acceptors (Lipinski definition) is 5. The normalized spacial score (nSPS) is 10.1. The Morgan fingerprint density at radius 1 is 1.33 bits per heavy atom. The first-order chi connectivity index (χ1) is 8.56. The Morgan fingerprint density at radius 2 is 2.00 bits per heavy atom. The summed E-state index contributed by atoms with van der Waals surface area (Å²) in [5.41, 5.74) is 1.29. The fourth-order valence-corrected chi connectivity index (χ4v) is 1.67. The van der Waals surface area contributed by atoms with Crippen LogP contribution in [0.15, 0.2) is 30.6 Å². The Morgan fingerprint density at radius 3 is 2.61 bits per heavy atom. The lowest BCUT2D eigenvalue weighted by molar-refractivity contribution is -0.385. The minimum Gasteiger partial charge on any atom is -0.324 e. The number of rotatable bonds is 3. The third-order valence-corrected chi connectivity index (χ3v) is 2.84. The first-order valence-electron chi connectivity index (χ1n) is 5.06. The summed E-state index contributed by atoms with van der Waals surface area (Å²) < 4.78 is 0.924. The minimum absolute atomic E-state index is 0.0745. The van der Waals surface area contributed by atoms with E-state index >= 15 is 0 Å². The molecule has 18 heavy (non-hydrogen) atoms. The number of benzene rings is 1. The highest BCUT2D eigenvalue weighted by molar-refractivity contribution is 14.1. The Hall–Kier alpha value is -1.77. The number of anilines is 2. The summed E-state index contributed by atoms with van der Waals surface area (Å²) in [5, 5.41) is 13.7. The third-order valence-electron chi connectivity index (χ3n) is 2.28. The summed E-state index contributed by atoms with van der Waals surface area (Å²) in [6, 6.07) is 4.91. The van der Waals surface area contributed by atoms with Gasteiger partial charge in [-0.15, -0.1) is 0 Å². The molecule has 92 valence electrons. The topological polar surface area (TPSA) is 81.0 Å². The molecule has 2 rings (SSSR count). The molecule has 0 spiro atoms. The smallest absolute Gasteiger partial charge is 0.274 e. The van der Waals surface area contributed by atoms with Gasteiger partial charge < -0.3 is 5.32 Å². The molecule has 1 heterocycles. The Balaban J connectivity index is 2.27. The number of hydrogen-bond donors (Lipinski definition) is 1. The number of nitro benzene ring substituents is 1. The molecule has 6 nitrogen and oxygen atoms in total. The van der Waals surface area contributed by atoms with Crippen LogP contribution in [0.4, 0.5) is 17.3 Å². The second-order valence-corrected chi connectivity index (χ2v) is 4.85. The van der Waals surface area contributed by atoms with Gasteiger partial charge >= 0.3 is 0 Å². The molecule has 1 N–H and O–H groups in total. The van der Waals surface area contributed by atoms with E-state index in [1.54, 1.807) is 31.5 Å². The van der Waals surface area contributed by atoms with Gasteiger partial charge in [0, 0.05) is 33.3 Å². The molecule has 1 aromatic carbocycles. The van der Waals surface area contributed by atoms with Crippen LogP contribution >= 0.6 is 22.6 Å². The number of nitro groups is 1. The van der Waals surface area contributed by atoms with E-state index in [2.05, 4.69) is 37.9 Å². The molecule has 0 saturated heterocycles. The zero-order chi connectivity index (χ0) is 13.1. The van der Waals surface area contributed by atoms with Crippen LogP contribution < -0.4 is 5.32 Å². The standard InChI is InChI=1S/C11H9IN4O2/c1-7-2-3-9(4-10(7)16(17)18)15-11-13-5-8(12)6-14-11/h2-6H,1H3,(H,13,14,15). The SMILES string of the molecule is Cc1ccc(Nc2ncc(I)cn2)cc1[N+](=O)[O-]. The van der Waals surface area contributed by atoms with Crippen LogP contribution in [0.25, 0.3) is 0 Å². The van der Waals surface area contributed by atoms with E-state index in [-0.39, 0.29) is 5.69 Å². The van der Waals surface area contributed by atoms with Crippen LogP contribution in [0.1, 0.15) is 5.56 Å². The Labute approximate surface area is 117 Å². The molecule has 0 fully saturated rings. The average Bonchev–Trinajstić information content (AvgIpc) is 2.34. The predicted molar refractivity (Wildman–Crippen MR) is 75.9 cm³/mol. The highest BCUT2D eigenvalue weighted by atomic mass is 127. The molecule has 0 aliphatic heterocycles. The summed E-state index contributed by atoms with van der Waals surface area (Å²) in [4.78, 5) is 18.6. The van der Waals surface area contributed by atoms with Crippen molar-refractivity contribution in [2.24, 2.45) is 0 Å². The highest BCUT2D eigenvalue weighted by Gasteiger charge is 2.11. The monoisotopic (exact) mass is 356 g/mol. The van der Waals surface area contributed by atoms with E-state index in [0.717, 1.165) is 3.57 Å². The average molecular weight is 356 g/mol. The first-order valence-corrected chi connectivity index (χ1v) is 6.14. The van der Waals surface area contributed by atoms with E-state index in [1.807, 2.05) is 0 Å². The van der Waals surface area contributed by atoms with Gasteiger partial charge in [-0.05, 0) is 35.6 Å². The molecule has 0 aliphatic carbocycles. The largest absolute Gasteiger partial charge is 0.324 e. The van der Waals surface area contributed by atoms with E-state index < -0.39 is 4.92 Å². The summed E-state index contributed by atoms with van der Waals surface area (Å²) in [6.45, 7) is 1.70. The van der Waals surface area contributed by atoms with Crippen LogP contribution in [0.3, 0.4) is 0 Å². The molecule has 7 heteroatoms. The summed E-state index contributed by atoms with van der Waals surface area (Å²) in [6.07, 6.45) is 3.33. The zero-order valence-corrected chi connectivity index (χ0v) is 11.6. The number of aryl methyl sites for hydroxylation is 1. The van der Waals surface area contributed by atoms with E-state index in [0.29, 0.717) is 17.2 Å². The molecule has 0 atom stereocenters. The lowest BCUT2D eigenvalue weighted by Crippen LogP contribution is -1.98. The molecule has 2 aromatic rings. The van der Waals surface area contributed by atoms with E-state index in [1.165, 1.54) is 6.07 Å². The van der Waals surface area contributed by atoms with Crippen LogP contribution in [-0.4, -0.2) is 14.9 Å². The van der Waals surface area contributed by atoms with Crippen molar-refractivity contribution in [3.63, 3.8) is 0 Å². The second kappa shape index (κ2) is 5.25.